The molecule has 1 saturated heterocycles. The van der Waals surface area contributed by atoms with E-state index in [0.29, 0.717) is 30.1 Å². The van der Waals surface area contributed by atoms with Crippen LogP contribution in [0.2, 0.25) is 0 Å². The number of benzene rings is 1. The number of aromatic nitrogens is 3. The topological polar surface area (TPSA) is 126 Å². The van der Waals surface area contributed by atoms with E-state index in [4.69, 9.17) is 8.94 Å². The highest BCUT2D eigenvalue weighted by molar-refractivity contribution is 7.89. The fourth-order valence-electron chi connectivity index (χ4n) is 3.46. The third-order valence-corrected chi connectivity index (χ3v) is 7.23. The number of hydrogen-bond acceptors (Lipinski definition) is 8. The van der Waals surface area contributed by atoms with Gasteiger partial charge in [0, 0.05) is 24.1 Å². The highest BCUT2D eigenvalue weighted by Gasteiger charge is 2.42. The van der Waals surface area contributed by atoms with Crippen molar-refractivity contribution >= 4 is 10.0 Å². The summed E-state index contributed by atoms with van der Waals surface area (Å²) in [5.74, 6) is 1.16. The van der Waals surface area contributed by atoms with Crippen molar-refractivity contribution in [2.75, 3.05) is 13.1 Å². The number of piperidine rings is 1. The van der Waals surface area contributed by atoms with Gasteiger partial charge >= 0.3 is 0 Å². The Kier molecular flexibility index (Phi) is 4.95. The summed E-state index contributed by atoms with van der Waals surface area (Å²) in [6.07, 6.45) is 1.02. The Balaban J connectivity index is 1.60. The summed E-state index contributed by atoms with van der Waals surface area (Å²) in [5.41, 5.74) is 1.01. The van der Waals surface area contributed by atoms with Crippen LogP contribution in [0.1, 0.15) is 42.7 Å². The lowest BCUT2D eigenvalue weighted by atomic mass is 9.81. The Morgan fingerprint density at radius 1 is 1.13 bits per heavy atom. The summed E-state index contributed by atoms with van der Waals surface area (Å²) in [6.45, 7) is 6.15. The average Bonchev–Trinajstić information content (AvgIpc) is 3.36. The molecule has 0 spiro atoms. The van der Waals surface area contributed by atoms with Crippen LogP contribution < -0.4 is 0 Å². The molecule has 156 valence electrons. The lowest BCUT2D eigenvalue weighted by Gasteiger charge is -2.35. The quantitative estimate of drug-likeness (QED) is 0.622. The molecule has 10 heteroatoms. The zero-order chi connectivity index (χ0) is 21.5. The van der Waals surface area contributed by atoms with Crippen molar-refractivity contribution in [1.82, 2.24) is 19.4 Å². The molecule has 4 rings (SSSR count). The van der Waals surface area contributed by atoms with Gasteiger partial charge in [0.1, 0.15) is 6.07 Å². The second-order valence-corrected chi connectivity index (χ2v) is 9.58. The summed E-state index contributed by atoms with van der Waals surface area (Å²) in [5, 5.41) is 12.9. The van der Waals surface area contributed by atoms with E-state index in [-0.39, 0.29) is 24.7 Å². The molecule has 1 fully saturated rings. The largest absolute Gasteiger partial charge is 0.422 e. The van der Waals surface area contributed by atoms with Crippen LogP contribution in [0.4, 0.5) is 0 Å². The van der Waals surface area contributed by atoms with Crippen LogP contribution in [-0.2, 0) is 15.4 Å². The number of rotatable bonds is 4. The monoisotopic (exact) mass is 427 g/mol. The second-order valence-electron chi connectivity index (χ2n) is 7.74. The summed E-state index contributed by atoms with van der Waals surface area (Å²) >= 11 is 0. The van der Waals surface area contributed by atoms with Crippen molar-refractivity contribution in [3.63, 3.8) is 0 Å². The first-order valence-electron chi connectivity index (χ1n) is 9.52. The van der Waals surface area contributed by atoms with Crippen molar-refractivity contribution in [2.45, 2.75) is 44.1 Å². The number of oxazole rings is 1. The number of aryl methyl sites for hydroxylation is 2. The summed E-state index contributed by atoms with van der Waals surface area (Å²) in [7, 11) is -4.01. The van der Waals surface area contributed by atoms with Crippen molar-refractivity contribution in [3.05, 3.63) is 47.2 Å². The van der Waals surface area contributed by atoms with Crippen LogP contribution >= 0.6 is 0 Å². The Morgan fingerprint density at radius 2 is 1.80 bits per heavy atom. The van der Waals surface area contributed by atoms with Gasteiger partial charge in [0.15, 0.2) is 11.5 Å². The number of nitriles is 1. The predicted molar refractivity (Wildman–Crippen MR) is 106 cm³/mol. The van der Waals surface area contributed by atoms with Crippen LogP contribution in [0.25, 0.3) is 11.5 Å². The van der Waals surface area contributed by atoms with Gasteiger partial charge in [0.05, 0.1) is 0 Å². The molecule has 1 aliphatic heterocycles. The molecule has 30 heavy (non-hydrogen) atoms. The molecule has 0 saturated carbocycles. The standard InChI is InChI=1S/C20H21N5O4S/c1-13-4-6-15(7-5-13)17-23-16(12-21)18(28-17)30(26,27)25-10-8-20(3,9-11-25)19-22-14(2)24-29-19/h4-7H,8-11H2,1-3H3. The highest BCUT2D eigenvalue weighted by Crippen LogP contribution is 2.36. The zero-order valence-electron chi connectivity index (χ0n) is 16.9. The molecule has 0 unspecified atom stereocenters. The minimum Gasteiger partial charge on any atom is -0.422 e. The van der Waals surface area contributed by atoms with E-state index in [1.54, 1.807) is 19.1 Å². The number of sulfonamides is 1. The van der Waals surface area contributed by atoms with Gasteiger partial charge in [-0.2, -0.15) is 19.5 Å². The molecule has 0 amide bonds. The first-order valence-corrected chi connectivity index (χ1v) is 11.0. The maximum absolute atomic E-state index is 13.2. The second kappa shape index (κ2) is 7.34. The van der Waals surface area contributed by atoms with E-state index in [9.17, 15) is 13.7 Å². The molecule has 3 aromatic rings. The molecule has 1 aliphatic rings. The first kappa shape index (κ1) is 20.3. The van der Waals surface area contributed by atoms with Gasteiger partial charge in [-0.25, -0.2) is 8.42 Å². The Labute approximate surface area is 174 Å². The molecule has 9 nitrogen and oxygen atoms in total. The van der Waals surface area contributed by atoms with E-state index in [1.807, 2.05) is 32.0 Å². The van der Waals surface area contributed by atoms with Gasteiger partial charge in [-0.15, -0.1) is 0 Å². The molecule has 0 radical (unpaired) electrons. The molecule has 3 heterocycles. The maximum Gasteiger partial charge on any atom is 0.279 e. The third kappa shape index (κ3) is 3.51. The molecule has 0 atom stereocenters. The van der Waals surface area contributed by atoms with E-state index in [1.165, 1.54) is 4.31 Å². The predicted octanol–water partition coefficient (Wildman–Crippen LogP) is 2.96. The van der Waals surface area contributed by atoms with Crippen LogP contribution in [0.15, 0.2) is 38.3 Å². The van der Waals surface area contributed by atoms with E-state index >= 15 is 0 Å². The minimum absolute atomic E-state index is 0.105. The molecule has 0 bridgehead atoms. The van der Waals surface area contributed by atoms with Gasteiger partial charge in [-0.3, -0.25) is 0 Å². The molecule has 0 N–H and O–H groups in total. The number of nitrogens with zero attached hydrogens (tertiary/aromatic N) is 5. The first-order chi connectivity index (χ1) is 14.2. The minimum atomic E-state index is -4.01. The normalized spacial score (nSPS) is 17.0. The van der Waals surface area contributed by atoms with Crippen molar-refractivity contribution in [3.8, 4) is 17.5 Å². The Bertz CT molecular complexity index is 1210. The van der Waals surface area contributed by atoms with Gasteiger partial charge < -0.3 is 8.94 Å². The van der Waals surface area contributed by atoms with Gasteiger partial charge in [0.25, 0.3) is 15.1 Å². The summed E-state index contributed by atoms with van der Waals surface area (Å²) in [4.78, 5) is 8.41. The molecule has 2 aromatic heterocycles. The van der Waals surface area contributed by atoms with E-state index in [0.717, 1.165) is 5.56 Å². The lowest BCUT2D eigenvalue weighted by molar-refractivity contribution is 0.196. The van der Waals surface area contributed by atoms with Gasteiger partial charge in [-0.05, 0) is 38.8 Å². The van der Waals surface area contributed by atoms with Crippen LogP contribution in [0, 0.1) is 25.2 Å². The van der Waals surface area contributed by atoms with Gasteiger partial charge in [-0.1, -0.05) is 29.8 Å². The van der Waals surface area contributed by atoms with Crippen molar-refractivity contribution < 1.29 is 17.4 Å². The maximum atomic E-state index is 13.2. The Hall–Kier alpha value is -3.03. The Morgan fingerprint density at radius 3 is 2.37 bits per heavy atom. The lowest BCUT2D eigenvalue weighted by Crippen LogP contribution is -2.44. The molecule has 1 aromatic carbocycles. The summed E-state index contributed by atoms with van der Waals surface area (Å²) < 4.78 is 38.6. The smallest absolute Gasteiger partial charge is 0.279 e. The van der Waals surface area contributed by atoms with Gasteiger partial charge in [0.2, 0.25) is 11.8 Å². The fraction of sp³-hybridized carbons (Fsp3) is 0.400. The molecular formula is C20H21N5O4S. The van der Waals surface area contributed by atoms with E-state index < -0.39 is 20.5 Å². The third-order valence-electron chi connectivity index (χ3n) is 5.44. The SMILES string of the molecule is Cc1ccc(-c2nc(C#N)c(S(=O)(=O)N3CCC(C)(c4nc(C)no4)CC3)o2)cc1. The number of hydrogen-bond donors (Lipinski definition) is 0. The molecular weight excluding hydrogens is 406 g/mol. The summed E-state index contributed by atoms with van der Waals surface area (Å²) in [6, 6.07) is 9.12. The van der Waals surface area contributed by atoms with Crippen LogP contribution in [-0.4, -0.2) is 40.9 Å². The molecule has 0 aliphatic carbocycles. The zero-order valence-corrected chi connectivity index (χ0v) is 17.7. The van der Waals surface area contributed by atoms with E-state index in [2.05, 4.69) is 15.1 Å². The van der Waals surface area contributed by atoms with Crippen LogP contribution in [0.3, 0.4) is 0 Å². The average molecular weight is 427 g/mol. The fourth-order valence-corrected chi connectivity index (χ4v) is 4.88. The van der Waals surface area contributed by atoms with Crippen LogP contribution in [0.5, 0.6) is 0 Å². The highest BCUT2D eigenvalue weighted by atomic mass is 32.2. The van der Waals surface area contributed by atoms with Crippen molar-refractivity contribution in [1.29, 1.82) is 5.26 Å². The van der Waals surface area contributed by atoms with Crippen molar-refractivity contribution in [2.24, 2.45) is 0 Å².